The molecule has 0 aromatic heterocycles. The molecule has 0 bridgehead atoms. The molecule has 1 unspecified atom stereocenters. The van der Waals surface area contributed by atoms with Crippen molar-refractivity contribution in [3.8, 4) is 0 Å². The third-order valence-electron chi connectivity index (χ3n) is 3.47. The van der Waals surface area contributed by atoms with Gasteiger partial charge >= 0.3 is 0 Å². The summed E-state index contributed by atoms with van der Waals surface area (Å²) < 4.78 is 0. The van der Waals surface area contributed by atoms with E-state index >= 15 is 0 Å². The van der Waals surface area contributed by atoms with E-state index < -0.39 is 5.60 Å². The molecule has 1 aromatic carbocycles. The van der Waals surface area contributed by atoms with Crippen molar-refractivity contribution in [1.82, 2.24) is 5.32 Å². The van der Waals surface area contributed by atoms with Crippen molar-refractivity contribution in [2.45, 2.75) is 32.3 Å². The van der Waals surface area contributed by atoms with Gasteiger partial charge in [0.15, 0.2) is 0 Å². The molecule has 0 radical (unpaired) electrons. The van der Waals surface area contributed by atoms with Gasteiger partial charge in [-0.25, -0.2) is 0 Å². The third kappa shape index (κ3) is 3.08. The first-order valence-corrected chi connectivity index (χ1v) is 6.61. The van der Waals surface area contributed by atoms with Crippen LogP contribution < -0.4 is 5.32 Å². The molecule has 94 valence electrons. The Kier molecular flexibility index (Phi) is 3.85. The van der Waals surface area contributed by atoms with E-state index in [1.54, 1.807) is 0 Å². The minimum atomic E-state index is -0.670. The van der Waals surface area contributed by atoms with Gasteiger partial charge in [0.1, 0.15) is 5.60 Å². The van der Waals surface area contributed by atoms with Crippen LogP contribution >= 0.6 is 0 Å². The SMILES string of the molecule is CC(C)CNCC(O)(c1ccccc1)C1CC1. The van der Waals surface area contributed by atoms with Crippen LogP contribution in [0.4, 0.5) is 0 Å². The van der Waals surface area contributed by atoms with Crippen molar-refractivity contribution < 1.29 is 5.11 Å². The van der Waals surface area contributed by atoms with Crippen molar-refractivity contribution in [3.63, 3.8) is 0 Å². The Labute approximate surface area is 104 Å². The van der Waals surface area contributed by atoms with Gasteiger partial charge < -0.3 is 10.4 Å². The van der Waals surface area contributed by atoms with Crippen LogP contribution in [-0.4, -0.2) is 18.2 Å². The number of rotatable bonds is 6. The molecule has 1 aliphatic carbocycles. The molecule has 0 saturated heterocycles. The predicted molar refractivity (Wildman–Crippen MR) is 70.8 cm³/mol. The van der Waals surface area contributed by atoms with Gasteiger partial charge in [-0.3, -0.25) is 0 Å². The quantitative estimate of drug-likeness (QED) is 0.791. The molecule has 2 nitrogen and oxygen atoms in total. The maximum atomic E-state index is 10.9. The van der Waals surface area contributed by atoms with Gasteiger partial charge in [-0.2, -0.15) is 0 Å². The van der Waals surface area contributed by atoms with Crippen LogP contribution in [0.1, 0.15) is 32.3 Å². The van der Waals surface area contributed by atoms with Crippen LogP contribution in [0.2, 0.25) is 0 Å². The first-order valence-electron chi connectivity index (χ1n) is 6.61. The molecular weight excluding hydrogens is 210 g/mol. The summed E-state index contributed by atoms with van der Waals surface area (Å²) in [6, 6.07) is 10.1. The van der Waals surface area contributed by atoms with Gasteiger partial charge in [0.25, 0.3) is 0 Å². The van der Waals surface area contributed by atoms with Crippen molar-refractivity contribution in [2.24, 2.45) is 11.8 Å². The fourth-order valence-electron chi connectivity index (χ4n) is 2.32. The average molecular weight is 233 g/mol. The molecule has 1 aromatic rings. The van der Waals surface area contributed by atoms with Gasteiger partial charge in [0.05, 0.1) is 0 Å². The molecule has 0 heterocycles. The Morgan fingerprint density at radius 3 is 2.47 bits per heavy atom. The Balaban J connectivity index is 2.05. The molecule has 17 heavy (non-hydrogen) atoms. The lowest BCUT2D eigenvalue weighted by Gasteiger charge is -2.29. The highest BCUT2D eigenvalue weighted by Gasteiger charge is 2.44. The Hall–Kier alpha value is -0.860. The maximum Gasteiger partial charge on any atom is 0.105 e. The number of aliphatic hydroxyl groups is 1. The zero-order valence-corrected chi connectivity index (χ0v) is 10.8. The van der Waals surface area contributed by atoms with Gasteiger partial charge in [0.2, 0.25) is 0 Å². The first kappa shape index (κ1) is 12.6. The van der Waals surface area contributed by atoms with E-state index in [-0.39, 0.29) is 0 Å². The van der Waals surface area contributed by atoms with Crippen LogP contribution in [0.15, 0.2) is 30.3 Å². The monoisotopic (exact) mass is 233 g/mol. The Bertz CT molecular complexity index is 345. The van der Waals surface area contributed by atoms with E-state index in [0.29, 0.717) is 18.4 Å². The normalized spacial score (nSPS) is 19.3. The molecule has 1 aliphatic rings. The lowest BCUT2D eigenvalue weighted by atomic mass is 9.88. The number of nitrogens with one attached hydrogen (secondary N) is 1. The fraction of sp³-hybridized carbons (Fsp3) is 0.600. The number of hydrogen-bond donors (Lipinski definition) is 2. The number of benzene rings is 1. The molecular formula is C15H23NO. The largest absolute Gasteiger partial charge is 0.384 e. The summed E-state index contributed by atoms with van der Waals surface area (Å²) in [5.41, 5.74) is 0.384. The topological polar surface area (TPSA) is 32.3 Å². The van der Waals surface area contributed by atoms with E-state index in [1.165, 1.54) is 0 Å². The first-order chi connectivity index (χ1) is 8.13. The summed E-state index contributed by atoms with van der Waals surface area (Å²) in [5.74, 6) is 1.05. The zero-order valence-electron chi connectivity index (χ0n) is 10.8. The molecule has 1 saturated carbocycles. The third-order valence-corrected chi connectivity index (χ3v) is 3.47. The Morgan fingerprint density at radius 1 is 1.29 bits per heavy atom. The minimum absolute atomic E-state index is 0.435. The van der Waals surface area contributed by atoms with E-state index in [4.69, 9.17) is 0 Å². The van der Waals surface area contributed by atoms with Crippen LogP contribution in [0, 0.1) is 11.8 Å². The molecule has 2 heteroatoms. The summed E-state index contributed by atoms with van der Waals surface area (Å²) >= 11 is 0. The van der Waals surface area contributed by atoms with Crippen LogP contribution in [0.3, 0.4) is 0 Å². The van der Waals surface area contributed by atoms with E-state index in [9.17, 15) is 5.11 Å². The number of hydrogen-bond acceptors (Lipinski definition) is 2. The molecule has 1 fully saturated rings. The maximum absolute atomic E-state index is 10.9. The molecule has 0 amide bonds. The predicted octanol–water partition coefficient (Wildman–Crippen LogP) is 2.53. The molecule has 1 atom stereocenters. The second-order valence-electron chi connectivity index (χ2n) is 5.59. The van der Waals surface area contributed by atoms with Gasteiger partial charge in [0, 0.05) is 6.54 Å². The minimum Gasteiger partial charge on any atom is -0.384 e. The zero-order chi connectivity index (χ0) is 12.3. The summed E-state index contributed by atoms with van der Waals surface area (Å²) in [7, 11) is 0. The lowest BCUT2D eigenvalue weighted by molar-refractivity contribution is 0.0130. The highest BCUT2D eigenvalue weighted by atomic mass is 16.3. The van der Waals surface area contributed by atoms with Gasteiger partial charge in [-0.15, -0.1) is 0 Å². The highest BCUT2D eigenvalue weighted by molar-refractivity contribution is 5.25. The molecule has 2 N–H and O–H groups in total. The standard InChI is InChI=1S/C15H23NO/c1-12(2)10-16-11-15(17,14-8-9-14)13-6-4-3-5-7-13/h3-7,12,14,16-17H,8-11H2,1-2H3. The summed E-state index contributed by atoms with van der Waals surface area (Å²) in [4.78, 5) is 0. The van der Waals surface area contributed by atoms with Gasteiger partial charge in [-0.05, 0) is 36.8 Å². The summed E-state index contributed by atoms with van der Waals surface area (Å²) in [6.45, 7) is 6.00. The Morgan fingerprint density at radius 2 is 1.94 bits per heavy atom. The molecule has 0 aliphatic heterocycles. The van der Waals surface area contributed by atoms with E-state index in [1.807, 2.05) is 30.3 Å². The van der Waals surface area contributed by atoms with Crippen molar-refractivity contribution in [3.05, 3.63) is 35.9 Å². The smallest absolute Gasteiger partial charge is 0.105 e. The second-order valence-corrected chi connectivity index (χ2v) is 5.59. The van der Waals surface area contributed by atoms with Crippen LogP contribution in [0.25, 0.3) is 0 Å². The average Bonchev–Trinajstić information content (AvgIpc) is 3.13. The van der Waals surface area contributed by atoms with E-state index in [0.717, 1.165) is 24.9 Å². The van der Waals surface area contributed by atoms with Gasteiger partial charge in [-0.1, -0.05) is 44.2 Å². The summed E-state index contributed by atoms with van der Waals surface area (Å²) in [5, 5.41) is 14.3. The summed E-state index contributed by atoms with van der Waals surface area (Å²) in [6.07, 6.45) is 2.30. The second kappa shape index (κ2) is 5.19. The van der Waals surface area contributed by atoms with Crippen molar-refractivity contribution in [1.29, 1.82) is 0 Å². The van der Waals surface area contributed by atoms with Crippen molar-refractivity contribution >= 4 is 0 Å². The van der Waals surface area contributed by atoms with E-state index in [2.05, 4.69) is 19.2 Å². The highest BCUT2D eigenvalue weighted by Crippen LogP contribution is 2.45. The fourth-order valence-corrected chi connectivity index (χ4v) is 2.32. The van der Waals surface area contributed by atoms with Crippen LogP contribution in [-0.2, 0) is 5.60 Å². The molecule has 2 rings (SSSR count). The van der Waals surface area contributed by atoms with Crippen molar-refractivity contribution in [2.75, 3.05) is 13.1 Å². The van der Waals surface area contributed by atoms with Crippen LogP contribution in [0.5, 0.6) is 0 Å². The lowest BCUT2D eigenvalue weighted by Crippen LogP contribution is -2.41. The molecule has 0 spiro atoms.